The highest BCUT2D eigenvalue weighted by molar-refractivity contribution is 9.09. The number of alkyl halides is 1. The summed E-state index contributed by atoms with van der Waals surface area (Å²) in [6, 6.07) is 0. The zero-order valence-electron chi connectivity index (χ0n) is 6.88. The molecule has 0 saturated carbocycles. The maximum absolute atomic E-state index is 11.5. The molecule has 0 aliphatic rings. The van der Waals surface area contributed by atoms with Gasteiger partial charge in [0, 0.05) is 11.5 Å². The van der Waals surface area contributed by atoms with Gasteiger partial charge in [-0.2, -0.15) is 0 Å². The van der Waals surface area contributed by atoms with Gasteiger partial charge in [0.1, 0.15) is 0 Å². The van der Waals surface area contributed by atoms with Gasteiger partial charge in [-0.1, -0.05) is 22.9 Å². The van der Waals surface area contributed by atoms with E-state index in [-0.39, 0.29) is 0 Å². The molecular formula is C6H14BrO3P. The second-order valence-electron chi connectivity index (χ2n) is 1.87. The fourth-order valence-corrected chi connectivity index (χ4v) is 2.20. The molecule has 5 heteroatoms. The second kappa shape index (κ2) is 6.18. The van der Waals surface area contributed by atoms with Crippen molar-refractivity contribution in [1.82, 2.24) is 0 Å². The van der Waals surface area contributed by atoms with Crippen LogP contribution in [0.2, 0.25) is 0 Å². The molecule has 0 fully saturated rings. The van der Waals surface area contributed by atoms with Crippen molar-refractivity contribution in [3.05, 3.63) is 0 Å². The van der Waals surface area contributed by atoms with Crippen molar-refractivity contribution >= 4 is 23.5 Å². The normalized spacial score (nSPS) is 16.3. The molecule has 0 rings (SSSR count). The van der Waals surface area contributed by atoms with Crippen molar-refractivity contribution < 1.29 is 13.6 Å². The van der Waals surface area contributed by atoms with Crippen LogP contribution in [-0.4, -0.2) is 24.7 Å². The van der Waals surface area contributed by atoms with E-state index in [0.717, 1.165) is 0 Å². The highest BCUT2D eigenvalue weighted by Crippen LogP contribution is 2.47. The van der Waals surface area contributed by atoms with Gasteiger partial charge in [0.05, 0.1) is 13.2 Å². The summed E-state index contributed by atoms with van der Waals surface area (Å²) in [6.45, 7) is 4.48. The van der Waals surface area contributed by atoms with E-state index in [2.05, 4.69) is 15.9 Å². The lowest BCUT2D eigenvalue weighted by Gasteiger charge is -2.14. The Bertz CT molecular complexity index is 140. The highest BCUT2D eigenvalue weighted by Gasteiger charge is 2.19. The monoisotopic (exact) mass is 244 g/mol. The summed E-state index contributed by atoms with van der Waals surface area (Å²) in [5.74, 6) is 0. The maximum Gasteiger partial charge on any atom is 0.330 e. The van der Waals surface area contributed by atoms with Gasteiger partial charge in [0.15, 0.2) is 0 Å². The van der Waals surface area contributed by atoms with E-state index in [0.29, 0.717) is 24.7 Å². The smallest absolute Gasteiger partial charge is 0.309 e. The Morgan fingerprint density at radius 1 is 1.36 bits per heavy atom. The van der Waals surface area contributed by atoms with Gasteiger partial charge >= 0.3 is 7.60 Å². The summed E-state index contributed by atoms with van der Waals surface area (Å²) in [7, 11) is -2.75. The van der Waals surface area contributed by atoms with Gasteiger partial charge in [-0.3, -0.25) is 4.57 Å². The predicted octanol–water partition coefficient (Wildman–Crippen LogP) is 2.65. The van der Waals surface area contributed by atoms with E-state index in [4.69, 9.17) is 9.05 Å². The van der Waals surface area contributed by atoms with Crippen LogP contribution in [0.15, 0.2) is 0 Å². The number of hydrogen-bond donors (Lipinski definition) is 0. The molecule has 0 bridgehead atoms. The summed E-state index contributed by atoms with van der Waals surface area (Å²) < 4.78 is 21.5. The molecule has 0 aromatic carbocycles. The largest absolute Gasteiger partial charge is 0.330 e. The summed E-state index contributed by atoms with van der Waals surface area (Å²) >= 11 is 3.18. The van der Waals surface area contributed by atoms with E-state index in [1.165, 1.54) is 0 Å². The van der Waals surface area contributed by atoms with Gasteiger partial charge in [0.2, 0.25) is 0 Å². The van der Waals surface area contributed by atoms with Crippen LogP contribution >= 0.6 is 23.5 Å². The minimum atomic E-state index is -2.75. The topological polar surface area (TPSA) is 35.5 Å². The Balaban J connectivity index is 3.79. The fourth-order valence-electron chi connectivity index (χ4n) is 0.590. The molecule has 0 radical (unpaired) electrons. The van der Waals surface area contributed by atoms with Crippen molar-refractivity contribution in [2.24, 2.45) is 0 Å². The quantitative estimate of drug-likeness (QED) is 0.533. The molecule has 68 valence electrons. The molecule has 1 unspecified atom stereocenters. The predicted molar refractivity (Wildman–Crippen MR) is 49.5 cm³/mol. The standard InChI is InChI=1S/C6H14BrO3P/c1-3-9-11(8,4-2)10-6-5-7/h3-6H2,1-2H3. The molecule has 0 saturated heterocycles. The first kappa shape index (κ1) is 11.6. The van der Waals surface area contributed by atoms with Gasteiger partial charge in [-0.05, 0) is 6.92 Å². The summed E-state index contributed by atoms with van der Waals surface area (Å²) in [5.41, 5.74) is 0. The van der Waals surface area contributed by atoms with E-state index in [1.807, 2.05) is 0 Å². The third-order valence-electron chi connectivity index (χ3n) is 1.08. The molecule has 0 aromatic heterocycles. The van der Waals surface area contributed by atoms with Crippen LogP contribution in [-0.2, 0) is 13.6 Å². The average molecular weight is 245 g/mol. The van der Waals surface area contributed by atoms with Gasteiger partial charge in [-0.25, -0.2) is 0 Å². The first-order chi connectivity index (χ1) is 5.18. The van der Waals surface area contributed by atoms with Crippen molar-refractivity contribution in [2.45, 2.75) is 13.8 Å². The van der Waals surface area contributed by atoms with Crippen LogP contribution in [0.4, 0.5) is 0 Å². The van der Waals surface area contributed by atoms with Crippen molar-refractivity contribution in [2.75, 3.05) is 24.7 Å². The molecule has 3 nitrogen and oxygen atoms in total. The van der Waals surface area contributed by atoms with Crippen LogP contribution in [0, 0.1) is 0 Å². The molecule has 0 N–H and O–H groups in total. The maximum atomic E-state index is 11.5. The summed E-state index contributed by atoms with van der Waals surface area (Å²) in [5, 5.41) is 0.685. The van der Waals surface area contributed by atoms with Gasteiger partial charge in [-0.15, -0.1) is 0 Å². The van der Waals surface area contributed by atoms with Crippen molar-refractivity contribution in [3.63, 3.8) is 0 Å². The Morgan fingerprint density at radius 3 is 2.36 bits per heavy atom. The molecule has 0 aromatic rings. The zero-order chi connectivity index (χ0) is 8.74. The molecular weight excluding hydrogens is 231 g/mol. The summed E-state index contributed by atoms with van der Waals surface area (Å²) in [4.78, 5) is 0. The Hall–Kier alpha value is 0.630. The molecule has 0 heterocycles. The number of hydrogen-bond acceptors (Lipinski definition) is 3. The second-order valence-corrected chi connectivity index (χ2v) is 5.03. The van der Waals surface area contributed by atoms with E-state index >= 15 is 0 Å². The van der Waals surface area contributed by atoms with Gasteiger partial charge < -0.3 is 9.05 Å². The third kappa shape index (κ3) is 4.96. The zero-order valence-corrected chi connectivity index (χ0v) is 9.36. The van der Waals surface area contributed by atoms with E-state index in [1.54, 1.807) is 13.8 Å². The Morgan fingerprint density at radius 2 is 2.00 bits per heavy atom. The van der Waals surface area contributed by atoms with Crippen molar-refractivity contribution in [3.8, 4) is 0 Å². The Labute approximate surface area is 76.1 Å². The lowest BCUT2D eigenvalue weighted by Crippen LogP contribution is -1.99. The molecule has 1 atom stereocenters. The third-order valence-corrected chi connectivity index (χ3v) is 3.40. The van der Waals surface area contributed by atoms with Crippen LogP contribution in [0.5, 0.6) is 0 Å². The van der Waals surface area contributed by atoms with Crippen LogP contribution in [0.1, 0.15) is 13.8 Å². The number of halogens is 1. The molecule has 0 aliphatic carbocycles. The molecule has 0 amide bonds. The SMILES string of the molecule is CCOP(=O)(CC)OCCBr. The van der Waals surface area contributed by atoms with Gasteiger partial charge in [0.25, 0.3) is 0 Å². The lowest BCUT2D eigenvalue weighted by atomic mass is 10.9. The Kier molecular flexibility index (Phi) is 6.53. The fraction of sp³-hybridized carbons (Fsp3) is 1.00. The van der Waals surface area contributed by atoms with Crippen LogP contribution in [0.3, 0.4) is 0 Å². The minimum absolute atomic E-state index is 0.436. The first-order valence-electron chi connectivity index (χ1n) is 3.62. The average Bonchev–Trinajstić information content (AvgIpc) is 2.02. The highest BCUT2D eigenvalue weighted by atomic mass is 79.9. The van der Waals surface area contributed by atoms with Crippen molar-refractivity contribution in [1.29, 1.82) is 0 Å². The minimum Gasteiger partial charge on any atom is -0.309 e. The van der Waals surface area contributed by atoms with E-state index < -0.39 is 7.60 Å². The molecule has 11 heavy (non-hydrogen) atoms. The molecule has 0 spiro atoms. The van der Waals surface area contributed by atoms with Crippen LogP contribution < -0.4 is 0 Å². The molecule has 0 aliphatic heterocycles. The first-order valence-corrected chi connectivity index (χ1v) is 6.47. The van der Waals surface area contributed by atoms with Crippen LogP contribution in [0.25, 0.3) is 0 Å². The summed E-state index contributed by atoms with van der Waals surface area (Å²) in [6.07, 6.45) is 0.438. The lowest BCUT2D eigenvalue weighted by molar-refractivity contribution is 0.223. The van der Waals surface area contributed by atoms with E-state index in [9.17, 15) is 4.57 Å². The number of rotatable bonds is 6.